The summed E-state index contributed by atoms with van der Waals surface area (Å²) in [5.74, 6) is -1.38. The van der Waals surface area contributed by atoms with Crippen LogP contribution in [0.15, 0.2) is 48.5 Å². The van der Waals surface area contributed by atoms with Gasteiger partial charge in [0, 0.05) is 17.3 Å². The Hall–Kier alpha value is -3.43. The molecule has 5 N–H and O–H groups in total. The van der Waals surface area contributed by atoms with Crippen molar-refractivity contribution in [1.82, 2.24) is 9.69 Å². The zero-order valence-electron chi connectivity index (χ0n) is 19.7. The number of carbonyl (C=O) groups excluding carboxylic acids is 3. The molecule has 0 aliphatic heterocycles. The average molecular weight is 514 g/mol. The Kier molecular flexibility index (Phi) is 8.48. The van der Waals surface area contributed by atoms with Crippen LogP contribution in [0, 0.1) is 12.8 Å². The second kappa shape index (κ2) is 11.3. The van der Waals surface area contributed by atoms with E-state index < -0.39 is 17.9 Å². The molecule has 184 valence electrons. The minimum atomic E-state index is -1.02. The van der Waals surface area contributed by atoms with Gasteiger partial charge in [-0.1, -0.05) is 55.3 Å². The van der Waals surface area contributed by atoms with Gasteiger partial charge in [0.1, 0.15) is 10.9 Å². The van der Waals surface area contributed by atoms with E-state index in [-0.39, 0.29) is 22.2 Å². The number of anilines is 2. The molecule has 10 heteroatoms. The number of primary amides is 1. The summed E-state index contributed by atoms with van der Waals surface area (Å²) < 4.78 is 3.96. The molecule has 3 aromatic rings. The van der Waals surface area contributed by atoms with E-state index in [2.05, 4.69) is 23.5 Å². The smallest absolute Gasteiger partial charge is 0.273 e. The first-order valence-corrected chi connectivity index (χ1v) is 12.2. The molecule has 0 bridgehead atoms. The maximum Gasteiger partial charge on any atom is 0.273 e. The number of nitrogens with zero attached hydrogens (tertiary/aromatic N) is 2. The van der Waals surface area contributed by atoms with Crippen molar-refractivity contribution in [2.24, 2.45) is 11.7 Å². The van der Waals surface area contributed by atoms with Crippen molar-refractivity contribution >= 4 is 52.2 Å². The van der Waals surface area contributed by atoms with Gasteiger partial charge < -0.3 is 16.8 Å². The zero-order chi connectivity index (χ0) is 25.7. The van der Waals surface area contributed by atoms with Gasteiger partial charge in [0.05, 0.1) is 5.69 Å². The fourth-order valence-electron chi connectivity index (χ4n) is 3.47. The molecule has 1 heterocycles. The van der Waals surface area contributed by atoms with Gasteiger partial charge in [0.2, 0.25) is 5.91 Å². The number of aryl methyl sites for hydroxylation is 1. The van der Waals surface area contributed by atoms with Crippen molar-refractivity contribution in [2.45, 2.75) is 33.2 Å². The van der Waals surface area contributed by atoms with Crippen molar-refractivity contribution in [3.8, 4) is 0 Å². The molecule has 0 spiro atoms. The Morgan fingerprint density at radius 3 is 2.26 bits per heavy atom. The normalized spacial score (nSPS) is 11.8. The summed E-state index contributed by atoms with van der Waals surface area (Å²) in [5, 5.41) is 3.43. The average Bonchev–Trinajstić information content (AvgIpc) is 3.20. The van der Waals surface area contributed by atoms with Gasteiger partial charge in [0.15, 0.2) is 5.69 Å². The number of nitrogens with one attached hydrogen (secondary N) is 1. The summed E-state index contributed by atoms with van der Waals surface area (Å²) in [6, 6.07) is 12.9. The summed E-state index contributed by atoms with van der Waals surface area (Å²) in [5.41, 5.74) is 13.2. The monoisotopic (exact) mass is 513 g/mol. The highest BCUT2D eigenvalue weighted by Gasteiger charge is 2.36. The molecular formula is C25H28ClN5O3S. The molecule has 35 heavy (non-hydrogen) atoms. The molecule has 1 aromatic heterocycles. The molecule has 0 aliphatic rings. The standard InChI is InChI=1S/C25H28ClN5O3S/c1-14(2)12-13-29-24(33)21(16-6-4-15(3)5-7-16)31(18-10-8-17(26)9-11-18)25(34)22-19(27)20(23(28)32)30-35-22/h4-11,14,21H,12-13,27H2,1-3H3,(H2,28,32)(H,29,33)/t21-/m0/s1. The summed E-state index contributed by atoms with van der Waals surface area (Å²) >= 11 is 6.85. The molecule has 8 nitrogen and oxygen atoms in total. The lowest BCUT2D eigenvalue weighted by molar-refractivity contribution is -0.122. The van der Waals surface area contributed by atoms with Gasteiger partial charge in [0.25, 0.3) is 11.8 Å². The molecule has 0 saturated heterocycles. The number of carbonyl (C=O) groups is 3. The number of nitrogens with two attached hydrogens (primary N) is 2. The van der Waals surface area contributed by atoms with Crippen LogP contribution < -0.4 is 21.7 Å². The Bertz CT molecular complexity index is 1210. The number of rotatable bonds is 9. The summed E-state index contributed by atoms with van der Waals surface area (Å²) in [6.07, 6.45) is 0.783. The first kappa shape index (κ1) is 26.2. The van der Waals surface area contributed by atoms with E-state index in [1.807, 2.05) is 31.2 Å². The van der Waals surface area contributed by atoms with Crippen LogP contribution >= 0.6 is 23.1 Å². The van der Waals surface area contributed by atoms with E-state index in [0.29, 0.717) is 28.7 Å². The van der Waals surface area contributed by atoms with Crippen LogP contribution in [0.5, 0.6) is 0 Å². The fraction of sp³-hybridized carbons (Fsp3) is 0.280. The number of nitrogen functional groups attached to an aromatic ring is 1. The Balaban J connectivity index is 2.14. The number of amides is 3. The molecule has 0 radical (unpaired) electrons. The molecule has 0 aliphatic carbocycles. The Morgan fingerprint density at radius 1 is 1.09 bits per heavy atom. The van der Waals surface area contributed by atoms with Crippen LogP contribution in [-0.4, -0.2) is 28.6 Å². The fourth-order valence-corrected chi connectivity index (χ4v) is 4.34. The molecule has 0 unspecified atom stereocenters. The minimum Gasteiger partial charge on any atom is -0.395 e. The number of hydrogen-bond acceptors (Lipinski definition) is 6. The van der Waals surface area contributed by atoms with Crippen molar-refractivity contribution in [1.29, 1.82) is 0 Å². The Morgan fingerprint density at radius 2 is 1.71 bits per heavy atom. The largest absolute Gasteiger partial charge is 0.395 e. The number of aromatic nitrogens is 1. The summed E-state index contributed by atoms with van der Waals surface area (Å²) in [7, 11) is 0. The van der Waals surface area contributed by atoms with Crippen molar-refractivity contribution in [3.63, 3.8) is 0 Å². The van der Waals surface area contributed by atoms with Gasteiger partial charge in [-0.05, 0) is 60.6 Å². The summed E-state index contributed by atoms with van der Waals surface area (Å²) in [6.45, 7) is 6.52. The van der Waals surface area contributed by atoms with E-state index in [4.69, 9.17) is 23.1 Å². The van der Waals surface area contributed by atoms with Gasteiger partial charge in [-0.3, -0.25) is 19.3 Å². The van der Waals surface area contributed by atoms with E-state index in [1.165, 1.54) is 4.90 Å². The van der Waals surface area contributed by atoms with Crippen LogP contribution in [0.1, 0.15) is 57.6 Å². The third-order valence-corrected chi connectivity index (χ3v) is 6.50. The lowest BCUT2D eigenvalue weighted by Gasteiger charge is -2.31. The topological polar surface area (TPSA) is 131 Å². The highest BCUT2D eigenvalue weighted by Crippen LogP contribution is 2.33. The lowest BCUT2D eigenvalue weighted by atomic mass is 10.0. The van der Waals surface area contributed by atoms with E-state index in [1.54, 1.807) is 24.3 Å². The predicted octanol–water partition coefficient (Wildman–Crippen LogP) is 4.34. The third-order valence-electron chi connectivity index (χ3n) is 5.40. The quantitative estimate of drug-likeness (QED) is 0.391. The van der Waals surface area contributed by atoms with Crippen molar-refractivity contribution in [2.75, 3.05) is 17.2 Å². The maximum absolute atomic E-state index is 13.9. The van der Waals surface area contributed by atoms with E-state index in [9.17, 15) is 14.4 Å². The maximum atomic E-state index is 13.9. The Labute approximate surface area is 213 Å². The molecular weight excluding hydrogens is 486 g/mol. The SMILES string of the molecule is Cc1ccc([C@@H](C(=O)NCCC(C)C)N(C(=O)c2snc(C(N)=O)c2N)c2ccc(Cl)cc2)cc1. The number of benzene rings is 2. The second-order valence-electron chi connectivity index (χ2n) is 8.58. The first-order valence-electron chi connectivity index (χ1n) is 11.1. The zero-order valence-corrected chi connectivity index (χ0v) is 21.3. The predicted molar refractivity (Wildman–Crippen MR) is 140 cm³/mol. The molecule has 3 amide bonds. The van der Waals surface area contributed by atoms with Crippen LogP contribution in [-0.2, 0) is 4.79 Å². The molecule has 3 rings (SSSR count). The highest BCUT2D eigenvalue weighted by atomic mass is 35.5. The van der Waals surface area contributed by atoms with Crippen LogP contribution in [0.2, 0.25) is 5.02 Å². The third kappa shape index (κ3) is 6.17. The van der Waals surface area contributed by atoms with E-state index >= 15 is 0 Å². The van der Waals surface area contributed by atoms with E-state index in [0.717, 1.165) is 23.5 Å². The highest BCUT2D eigenvalue weighted by molar-refractivity contribution is 7.09. The lowest BCUT2D eigenvalue weighted by Crippen LogP contribution is -2.44. The van der Waals surface area contributed by atoms with Crippen LogP contribution in [0.25, 0.3) is 0 Å². The van der Waals surface area contributed by atoms with Gasteiger partial charge in [-0.2, -0.15) is 4.37 Å². The number of hydrogen-bond donors (Lipinski definition) is 3. The summed E-state index contributed by atoms with van der Waals surface area (Å²) in [4.78, 5) is 40.5. The second-order valence-corrected chi connectivity index (χ2v) is 9.79. The van der Waals surface area contributed by atoms with Gasteiger partial charge in [-0.15, -0.1) is 0 Å². The van der Waals surface area contributed by atoms with Crippen molar-refractivity contribution < 1.29 is 14.4 Å². The van der Waals surface area contributed by atoms with Crippen LogP contribution in [0.4, 0.5) is 11.4 Å². The van der Waals surface area contributed by atoms with Gasteiger partial charge >= 0.3 is 0 Å². The molecule has 0 saturated carbocycles. The van der Waals surface area contributed by atoms with Gasteiger partial charge in [-0.25, -0.2) is 0 Å². The van der Waals surface area contributed by atoms with Crippen LogP contribution in [0.3, 0.4) is 0 Å². The molecule has 1 atom stereocenters. The van der Waals surface area contributed by atoms with Crippen molar-refractivity contribution in [3.05, 3.63) is 75.3 Å². The minimum absolute atomic E-state index is 0.0147. The number of halogens is 1. The molecule has 0 fully saturated rings. The first-order chi connectivity index (χ1) is 16.6. The molecule has 2 aromatic carbocycles.